The number of carbonyl (C=O) groups excluding carboxylic acids is 1. The normalized spacial score (nSPS) is 10.5. The van der Waals surface area contributed by atoms with Crippen molar-refractivity contribution in [3.05, 3.63) is 44.4 Å². The number of benzene rings is 1. The number of carbonyl (C=O) groups is 1. The van der Waals surface area contributed by atoms with Crippen LogP contribution in [0, 0.1) is 0 Å². The maximum absolute atomic E-state index is 11.7. The number of fused-ring (bicyclic) bond motifs is 1. The first kappa shape index (κ1) is 12.0. The standard InChI is InChI=1S/C11H6Cl2O4/c1-16-10(14)8-3-5-2-6(12)4-7(13)9(5)11(15)17-8/h2-4H,1H3. The number of esters is 1. The van der Waals surface area contributed by atoms with Crippen LogP contribution in [0.3, 0.4) is 0 Å². The molecule has 0 atom stereocenters. The number of rotatable bonds is 1. The van der Waals surface area contributed by atoms with Gasteiger partial charge in [0.15, 0.2) is 0 Å². The molecule has 0 aliphatic carbocycles. The minimum atomic E-state index is -0.736. The number of halogens is 2. The van der Waals surface area contributed by atoms with Crippen LogP contribution < -0.4 is 5.63 Å². The Hall–Kier alpha value is -1.52. The van der Waals surface area contributed by atoms with Gasteiger partial charge in [-0.05, 0) is 23.6 Å². The molecule has 1 heterocycles. The van der Waals surface area contributed by atoms with Crippen LogP contribution in [-0.2, 0) is 4.74 Å². The predicted octanol–water partition coefficient (Wildman–Crippen LogP) is 2.89. The Balaban J connectivity index is 2.82. The Labute approximate surface area is 106 Å². The molecule has 1 aromatic heterocycles. The molecule has 6 heteroatoms. The summed E-state index contributed by atoms with van der Waals surface area (Å²) in [6.07, 6.45) is 0. The van der Waals surface area contributed by atoms with Gasteiger partial charge in [0, 0.05) is 5.02 Å². The van der Waals surface area contributed by atoms with E-state index in [1.165, 1.54) is 25.3 Å². The van der Waals surface area contributed by atoms with Gasteiger partial charge in [0.1, 0.15) is 0 Å². The van der Waals surface area contributed by atoms with Crippen LogP contribution in [0.4, 0.5) is 0 Å². The van der Waals surface area contributed by atoms with Gasteiger partial charge in [0.25, 0.3) is 0 Å². The van der Waals surface area contributed by atoms with Crippen LogP contribution in [0.1, 0.15) is 10.6 Å². The Morgan fingerprint density at radius 3 is 2.65 bits per heavy atom. The summed E-state index contributed by atoms with van der Waals surface area (Å²) in [4.78, 5) is 22.9. The Morgan fingerprint density at radius 2 is 2.00 bits per heavy atom. The van der Waals surface area contributed by atoms with Crippen molar-refractivity contribution < 1.29 is 13.9 Å². The van der Waals surface area contributed by atoms with E-state index in [9.17, 15) is 9.59 Å². The van der Waals surface area contributed by atoms with Gasteiger partial charge in [-0.1, -0.05) is 23.2 Å². The summed E-state index contributed by atoms with van der Waals surface area (Å²) in [6, 6.07) is 4.31. The summed E-state index contributed by atoms with van der Waals surface area (Å²) in [5, 5.41) is 1.16. The minimum absolute atomic E-state index is 0.178. The molecule has 0 aliphatic rings. The van der Waals surface area contributed by atoms with Crippen molar-refractivity contribution in [2.75, 3.05) is 7.11 Å². The molecule has 0 fully saturated rings. The first-order valence-electron chi connectivity index (χ1n) is 4.54. The summed E-state index contributed by atoms with van der Waals surface area (Å²) < 4.78 is 9.27. The third-order valence-electron chi connectivity index (χ3n) is 2.17. The molecule has 4 nitrogen and oxygen atoms in total. The number of hydrogen-bond acceptors (Lipinski definition) is 4. The molecule has 17 heavy (non-hydrogen) atoms. The van der Waals surface area contributed by atoms with Crippen molar-refractivity contribution in [2.45, 2.75) is 0 Å². The van der Waals surface area contributed by atoms with Crippen molar-refractivity contribution in [3.63, 3.8) is 0 Å². The van der Waals surface area contributed by atoms with E-state index >= 15 is 0 Å². The molecule has 0 saturated heterocycles. The van der Waals surface area contributed by atoms with Gasteiger partial charge in [0.05, 0.1) is 17.5 Å². The van der Waals surface area contributed by atoms with Crippen LogP contribution in [-0.4, -0.2) is 13.1 Å². The fraction of sp³-hybridized carbons (Fsp3) is 0.0909. The first-order chi connectivity index (χ1) is 8.02. The van der Waals surface area contributed by atoms with Crippen LogP contribution >= 0.6 is 23.2 Å². The average Bonchev–Trinajstić information content (AvgIpc) is 2.26. The van der Waals surface area contributed by atoms with E-state index in [0.29, 0.717) is 10.4 Å². The zero-order valence-corrected chi connectivity index (χ0v) is 10.1. The lowest BCUT2D eigenvalue weighted by Gasteiger charge is -2.02. The van der Waals surface area contributed by atoms with Crippen molar-refractivity contribution in [3.8, 4) is 0 Å². The molecule has 0 aliphatic heterocycles. The van der Waals surface area contributed by atoms with E-state index in [0.717, 1.165) is 0 Å². The molecule has 0 unspecified atom stereocenters. The van der Waals surface area contributed by atoms with Crippen LogP contribution in [0.5, 0.6) is 0 Å². The molecule has 1 aromatic carbocycles. The highest BCUT2D eigenvalue weighted by molar-refractivity contribution is 6.38. The molecule has 0 spiro atoms. The zero-order valence-electron chi connectivity index (χ0n) is 8.62. The molecule has 88 valence electrons. The number of ether oxygens (including phenoxy) is 1. The highest BCUT2D eigenvalue weighted by atomic mass is 35.5. The maximum Gasteiger partial charge on any atom is 0.374 e. The molecule has 0 amide bonds. The van der Waals surface area contributed by atoms with Crippen molar-refractivity contribution in [1.82, 2.24) is 0 Å². The van der Waals surface area contributed by atoms with E-state index in [2.05, 4.69) is 4.74 Å². The summed E-state index contributed by atoms with van der Waals surface area (Å²) >= 11 is 11.7. The summed E-state index contributed by atoms with van der Waals surface area (Å²) in [5.74, 6) is -0.927. The SMILES string of the molecule is COC(=O)c1cc2cc(Cl)cc(Cl)c2c(=O)o1. The highest BCUT2D eigenvalue weighted by Crippen LogP contribution is 2.26. The zero-order chi connectivity index (χ0) is 12.6. The average molecular weight is 273 g/mol. The molecule has 0 saturated carbocycles. The lowest BCUT2D eigenvalue weighted by atomic mass is 10.1. The molecular weight excluding hydrogens is 267 g/mol. The molecule has 2 aromatic rings. The Morgan fingerprint density at radius 1 is 1.29 bits per heavy atom. The van der Waals surface area contributed by atoms with Gasteiger partial charge in [-0.2, -0.15) is 0 Å². The second kappa shape index (κ2) is 4.39. The van der Waals surface area contributed by atoms with Crippen LogP contribution in [0.25, 0.3) is 10.8 Å². The van der Waals surface area contributed by atoms with Gasteiger partial charge in [-0.15, -0.1) is 0 Å². The number of methoxy groups -OCH3 is 1. The second-order valence-corrected chi connectivity index (χ2v) is 4.09. The maximum atomic E-state index is 11.7. The third kappa shape index (κ3) is 2.14. The van der Waals surface area contributed by atoms with Crippen molar-refractivity contribution in [1.29, 1.82) is 0 Å². The fourth-order valence-electron chi connectivity index (χ4n) is 1.45. The topological polar surface area (TPSA) is 56.5 Å². The predicted molar refractivity (Wildman–Crippen MR) is 63.8 cm³/mol. The van der Waals surface area contributed by atoms with Crippen LogP contribution in [0.15, 0.2) is 27.4 Å². The van der Waals surface area contributed by atoms with Gasteiger partial charge in [-0.25, -0.2) is 9.59 Å². The van der Waals surface area contributed by atoms with Gasteiger partial charge in [-0.3, -0.25) is 0 Å². The van der Waals surface area contributed by atoms with Crippen LogP contribution in [0.2, 0.25) is 10.0 Å². The molecule has 0 bridgehead atoms. The van der Waals surface area contributed by atoms with E-state index in [1.54, 1.807) is 0 Å². The van der Waals surface area contributed by atoms with E-state index in [1.807, 2.05) is 0 Å². The van der Waals surface area contributed by atoms with E-state index in [-0.39, 0.29) is 16.2 Å². The lowest BCUT2D eigenvalue weighted by Crippen LogP contribution is -2.08. The molecular formula is C11H6Cl2O4. The van der Waals surface area contributed by atoms with Crippen molar-refractivity contribution >= 4 is 39.9 Å². The highest BCUT2D eigenvalue weighted by Gasteiger charge is 2.14. The van der Waals surface area contributed by atoms with Gasteiger partial charge >= 0.3 is 11.6 Å². The third-order valence-corrected chi connectivity index (χ3v) is 2.68. The number of hydrogen-bond donors (Lipinski definition) is 0. The molecule has 0 radical (unpaired) electrons. The summed E-state index contributed by atoms with van der Waals surface area (Å²) in [7, 11) is 1.19. The summed E-state index contributed by atoms with van der Waals surface area (Å²) in [6.45, 7) is 0. The smallest absolute Gasteiger partial charge is 0.374 e. The molecule has 0 N–H and O–H groups in total. The van der Waals surface area contributed by atoms with Gasteiger partial charge in [0.2, 0.25) is 5.76 Å². The largest absolute Gasteiger partial charge is 0.463 e. The van der Waals surface area contributed by atoms with E-state index < -0.39 is 11.6 Å². The lowest BCUT2D eigenvalue weighted by molar-refractivity contribution is 0.0560. The fourth-order valence-corrected chi connectivity index (χ4v) is 2.03. The monoisotopic (exact) mass is 272 g/mol. The summed E-state index contributed by atoms with van der Waals surface area (Å²) in [5.41, 5.74) is -0.704. The second-order valence-electron chi connectivity index (χ2n) is 3.24. The van der Waals surface area contributed by atoms with Gasteiger partial charge < -0.3 is 9.15 Å². The minimum Gasteiger partial charge on any atom is -0.463 e. The Kier molecular flexibility index (Phi) is 3.09. The Bertz CT molecular complexity index is 660. The molecule has 2 rings (SSSR count). The quantitative estimate of drug-likeness (QED) is 0.749. The first-order valence-corrected chi connectivity index (χ1v) is 5.29. The van der Waals surface area contributed by atoms with Crippen molar-refractivity contribution in [2.24, 2.45) is 0 Å². The van der Waals surface area contributed by atoms with E-state index in [4.69, 9.17) is 27.6 Å².